The summed E-state index contributed by atoms with van der Waals surface area (Å²) >= 11 is 0. The van der Waals surface area contributed by atoms with Crippen molar-refractivity contribution in [2.24, 2.45) is 5.92 Å². The van der Waals surface area contributed by atoms with Gasteiger partial charge in [-0.1, -0.05) is 93.1 Å². The van der Waals surface area contributed by atoms with E-state index in [1.165, 1.54) is 6.08 Å². The number of hydrogen-bond donors (Lipinski definition) is 3. The summed E-state index contributed by atoms with van der Waals surface area (Å²) in [5.74, 6) is -0.948. The molecule has 3 aromatic carbocycles. The molecule has 4 atom stereocenters. The lowest BCUT2D eigenvalue weighted by Crippen LogP contribution is -2.57. The van der Waals surface area contributed by atoms with Gasteiger partial charge in [0.25, 0.3) is 0 Å². The Morgan fingerprint density at radius 1 is 0.949 bits per heavy atom. The van der Waals surface area contributed by atoms with Crippen LogP contribution >= 0.6 is 0 Å². The monoisotopic (exact) mass is 523 g/mol. The Morgan fingerprint density at radius 2 is 1.62 bits per heavy atom. The van der Waals surface area contributed by atoms with E-state index in [2.05, 4.69) is 16.0 Å². The van der Waals surface area contributed by atoms with Gasteiger partial charge in [-0.25, -0.2) is 0 Å². The number of hydrogen-bond acceptors (Lipinski definition) is 4. The van der Waals surface area contributed by atoms with E-state index in [0.717, 1.165) is 11.1 Å². The maximum atomic E-state index is 13.9. The van der Waals surface area contributed by atoms with E-state index in [9.17, 15) is 14.4 Å². The molecule has 0 radical (unpaired) electrons. The third kappa shape index (κ3) is 7.45. The van der Waals surface area contributed by atoms with Crippen LogP contribution in [-0.2, 0) is 14.4 Å². The highest BCUT2D eigenvalue weighted by atomic mass is 16.5. The summed E-state index contributed by atoms with van der Waals surface area (Å²) in [6.45, 7) is 3.85. The number of carbonyl (C=O) groups excluding carboxylic acids is 3. The molecule has 0 aliphatic carbocycles. The molecular formula is C32H33N3O4. The number of fused-ring (bicyclic) bond motifs is 10. The van der Waals surface area contributed by atoms with Crippen molar-refractivity contribution >= 4 is 29.9 Å². The Balaban J connectivity index is 1.74. The summed E-state index contributed by atoms with van der Waals surface area (Å²) < 4.78 is 6.37. The molecule has 0 spiro atoms. The maximum absolute atomic E-state index is 13.9. The Kier molecular flexibility index (Phi) is 9.29. The molecule has 3 N–H and O–H groups in total. The topological polar surface area (TPSA) is 96.5 Å². The zero-order valence-electron chi connectivity index (χ0n) is 22.0. The summed E-state index contributed by atoms with van der Waals surface area (Å²) in [4.78, 5) is 40.1. The number of amides is 3. The van der Waals surface area contributed by atoms with Gasteiger partial charge in [0, 0.05) is 12.3 Å². The summed E-state index contributed by atoms with van der Waals surface area (Å²) in [5, 5.41) is 8.51. The van der Waals surface area contributed by atoms with Crippen molar-refractivity contribution in [2.45, 2.75) is 38.5 Å². The molecule has 2 bridgehead atoms. The average Bonchev–Trinajstić information content (AvgIpc) is 2.97. The van der Waals surface area contributed by atoms with Gasteiger partial charge in [-0.05, 0) is 46.9 Å². The minimum absolute atomic E-state index is 0.154. The summed E-state index contributed by atoms with van der Waals surface area (Å²) in [5.41, 5.74) is 2.42. The Labute approximate surface area is 229 Å². The highest BCUT2D eigenvalue weighted by molar-refractivity contribution is 5.97. The Hall–Kier alpha value is -4.65. The molecule has 5 rings (SSSR count). The molecular weight excluding hydrogens is 490 g/mol. The van der Waals surface area contributed by atoms with E-state index in [1.54, 1.807) is 30.5 Å². The Morgan fingerprint density at radius 3 is 2.28 bits per heavy atom. The number of ether oxygens (including phenoxy) is 1. The largest absolute Gasteiger partial charge is 0.483 e. The summed E-state index contributed by atoms with van der Waals surface area (Å²) in [7, 11) is 0. The van der Waals surface area contributed by atoms with Crippen LogP contribution in [0.15, 0.2) is 97.2 Å². The van der Waals surface area contributed by atoms with Gasteiger partial charge in [0.15, 0.2) is 6.10 Å². The lowest BCUT2D eigenvalue weighted by atomic mass is 9.96. The zero-order chi connectivity index (χ0) is 27.6. The summed E-state index contributed by atoms with van der Waals surface area (Å²) in [6, 6.07) is 24.0. The second kappa shape index (κ2) is 13.2. The number of benzene rings is 3. The van der Waals surface area contributed by atoms with E-state index in [1.807, 2.05) is 86.6 Å². The van der Waals surface area contributed by atoms with E-state index in [4.69, 9.17) is 4.74 Å². The molecule has 39 heavy (non-hydrogen) atoms. The van der Waals surface area contributed by atoms with Crippen molar-refractivity contribution in [3.8, 4) is 5.75 Å². The highest BCUT2D eigenvalue weighted by Crippen LogP contribution is 2.27. The van der Waals surface area contributed by atoms with Crippen LogP contribution in [0.25, 0.3) is 12.2 Å². The van der Waals surface area contributed by atoms with Crippen LogP contribution < -0.4 is 20.7 Å². The third-order valence-corrected chi connectivity index (χ3v) is 6.68. The van der Waals surface area contributed by atoms with Crippen LogP contribution in [0, 0.1) is 5.92 Å². The highest BCUT2D eigenvalue weighted by Gasteiger charge is 2.36. The van der Waals surface area contributed by atoms with Crippen molar-refractivity contribution in [2.75, 3.05) is 0 Å². The molecule has 0 aromatic heterocycles. The minimum Gasteiger partial charge on any atom is -0.483 e. The van der Waals surface area contributed by atoms with Gasteiger partial charge in [0.2, 0.25) is 17.7 Å². The first-order valence-electron chi connectivity index (χ1n) is 13.1. The smallest absolute Gasteiger partial charge is 0.247 e. The van der Waals surface area contributed by atoms with Crippen LogP contribution in [0.1, 0.15) is 43.1 Å². The van der Waals surface area contributed by atoms with Gasteiger partial charge >= 0.3 is 0 Å². The van der Waals surface area contributed by atoms with Crippen molar-refractivity contribution < 1.29 is 19.1 Å². The maximum Gasteiger partial charge on any atom is 0.247 e. The van der Waals surface area contributed by atoms with Crippen LogP contribution in [0.2, 0.25) is 0 Å². The fourth-order valence-corrected chi connectivity index (χ4v) is 4.25. The first kappa shape index (κ1) is 27.4. The van der Waals surface area contributed by atoms with Gasteiger partial charge in [-0.15, -0.1) is 0 Å². The predicted octanol–water partition coefficient (Wildman–Crippen LogP) is 4.64. The van der Waals surface area contributed by atoms with Gasteiger partial charge in [-0.3, -0.25) is 14.4 Å². The van der Waals surface area contributed by atoms with Crippen LogP contribution in [0.3, 0.4) is 0 Å². The first-order valence-corrected chi connectivity index (χ1v) is 13.1. The molecule has 0 fully saturated rings. The second-order valence-corrected chi connectivity index (χ2v) is 9.46. The molecule has 2 aliphatic heterocycles. The van der Waals surface area contributed by atoms with E-state index < -0.39 is 30.0 Å². The first-order chi connectivity index (χ1) is 18.9. The van der Waals surface area contributed by atoms with Crippen molar-refractivity contribution in [1.82, 2.24) is 16.0 Å². The molecule has 3 aromatic rings. The van der Waals surface area contributed by atoms with Gasteiger partial charge < -0.3 is 20.7 Å². The molecule has 7 nitrogen and oxygen atoms in total. The fourth-order valence-electron chi connectivity index (χ4n) is 4.25. The molecule has 2 heterocycles. The number of nitrogens with one attached hydrogen (secondary N) is 3. The van der Waals surface area contributed by atoms with Crippen LogP contribution in [0.4, 0.5) is 0 Å². The van der Waals surface area contributed by atoms with Gasteiger partial charge in [0.1, 0.15) is 17.8 Å². The normalized spacial score (nSPS) is 21.2. The minimum atomic E-state index is -1.14. The van der Waals surface area contributed by atoms with E-state index in [0.29, 0.717) is 17.7 Å². The fraction of sp³-hybridized carbons (Fsp3) is 0.219. The number of rotatable bonds is 6. The lowest BCUT2D eigenvalue weighted by molar-refractivity contribution is -0.133. The molecule has 0 saturated carbocycles. The van der Waals surface area contributed by atoms with Gasteiger partial charge in [0.05, 0.1) is 0 Å². The summed E-state index contributed by atoms with van der Waals surface area (Å²) in [6.07, 6.45) is 6.19. The standard InChI is InChI=1S/C32H33N3O4/c1-3-22(2)28-31(37)33-21-20-24-14-17-26(18-15-24)39-30(25-12-8-5-9-13-25)29(32(38)35-28)34-27(36)19-16-23-10-6-4-7-11-23/h4-22,28-30H,3H2,1-2H3,(H,33,37)(H,34,36)(H,35,38)/b19-16+,21-20-/t22-,28-,29+,30+/m0/s1. The molecule has 3 amide bonds. The van der Waals surface area contributed by atoms with Crippen molar-refractivity contribution in [3.63, 3.8) is 0 Å². The van der Waals surface area contributed by atoms with Crippen LogP contribution in [-0.4, -0.2) is 29.8 Å². The van der Waals surface area contributed by atoms with Crippen molar-refractivity contribution in [1.29, 1.82) is 0 Å². The molecule has 200 valence electrons. The van der Waals surface area contributed by atoms with Crippen LogP contribution in [0.5, 0.6) is 5.75 Å². The predicted molar refractivity (Wildman–Crippen MR) is 152 cm³/mol. The number of carbonyl (C=O) groups is 3. The lowest BCUT2D eigenvalue weighted by Gasteiger charge is -2.31. The molecule has 7 heteroatoms. The SMILES string of the molecule is CC[C@H](C)[C@@H]1NC(=O)[C@H](NC(=O)/C=C/c2ccccc2)[C@@H](c2ccccc2)Oc2ccc(cc2)/C=C\NC1=O. The molecule has 0 saturated heterocycles. The Bertz CT molecular complexity index is 1320. The molecule has 0 unspecified atom stereocenters. The van der Waals surface area contributed by atoms with E-state index >= 15 is 0 Å². The van der Waals surface area contributed by atoms with Crippen molar-refractivity contribution in [3.05, 3.63) is 114 Å². The zero-order valence-corrected chi connectivity index (χ0v) is 22.0. The van der Waals surface area contributed by atoms with Gasteiger partial charge in [-0.2, -0.15) is 0 Å². The third-order valence-electron chi connectivity index (χ3n) is 6.68. The average molecular weight is 524 g/mol. The second-order valence-electron chi connectivity index (χ2n) is 9.46. The quantitative estimate of drug-likeness (QED) is 0.410. The van der Waals surface area contributed by atoms with E-state index in [-0.39, 0.29) is 11.8 Å². The molecule has 2 aliphatic rings.